The Morgan fingerprint density at radius 1 is 1.75 bits per heavy atom. The third-order valence-corrected chi connectivity index (χ3v) is 1.56. The third kappa shape index (κ3) is 2.01. The van der Waals surface area contributed by atoms with E-state index in [4.69, 9.17) is 16.3 Å². The minimum atomic E-state index is -0.964. The quantitative estimate of drug-likeness (QED) is 0.635. The first kappa shape index (κ1) is 9.12. The van der Waals surface area contributed by atoms with E-state index in [0.29, 0.717) is 0 Å². The van der Waals surface area contributed by atoms with Gasteiger partial charge in [0.25, 0.3) is 5.91 Å². The molecule has 0 bridgehead atoms. The maximum absolute atomic E-state index is 11.6. The van der Waals surface area contributed by atoms with Crippen molar-refractivity contribution >= 4 is 17.5 Å². The zero-order chi connectivity index (χ0) is 8.97. The molecule has 1 aliphatic rings. The van der Waals surface area contributed by atoms with Crippen LogP contribution in [0, 0.1) is 0 Å². The van der Waals surface area contributed by atoms with Crippen molar-refractivity contribution in [3.63, 3.8) is 0 Å². The van der Waals surface area contributed by atoms with Crippen molar-refractivity contribution in [1.82, 2.24) is 0 Å². The fourth-order valence-electron chi connectivity index (χ4n) is 0.647. The Kier molecular flexibility index (Phi) is 3.16. The first-order chi connectivity index (χ1) is 5.75. The lowest BCUT2D eigenvalue weighted by Crippen LogP contribution is -2.19. The van der Waals surface area contributed by atoms with Gasteiger partial charge in [-0.3, -0.25) is 4.79 Å². The van der Waals surface area contributed by atoms with Crippen molar-refractivity contribution in [2.24, 2.45) is 10.2 Å². The number of halogens is 2. The summed E-state index contributed by atoms with van der Waals surface area (Å²) in [5.74, 6) is -0.442. The van der Waals surface area contributed by atoms with Gasteiger partial charge in [-0.2, -0.15) is 5.11 Å². The van der Waals surface area contributed by atoms with E-state index in [0.717, 1.165) is 0 Å². The molecule has 0 saturated carbocycles. The van der Waals surface area contributed by atoms with Gasteiger partial charge < -0.3 is 4.74 Å². The highest BCUT2D eigenvalue weighted by Crippen LogP contribution is 2.17. The molecule has 1 heterocycles. The predicted octanol–water partition coefficient (Wildman–Crippen LogP) is 1.41. The second kappa shape index (κ2) is 4.15. The summed E-state index contributed by atoms with van der Waals surface area (Å²) in [4.78, 5) is 10.8. The molecule has 66 valence electrons. The zero-order valence-electron chi connectivity index (χ0n) is 6.04. The fraction of sp³-hybridized carbons (Fsp3) is 0.500. The van der Waals surface area contributed by atoms with Crippen molar-refractivity contribution in [3.05, 3.63) is 12.0 Å². The molecule has 0 saturated heterocycles. The smallest absolute Gasteiger partial charge is 0.290 e. The van der Waals surface area contributed by atoms with Gasteiger partial charge in [0.2, 0.25) is 0 Å². The number of carbonyl (C=O) groups is 1. The van der Waals surface area contributed by atoms with E-state index in [-0.39, 0.29) is 12.4 Å². The summed E-state index contributed by atoms with van der Waals surface area (Å²) >= 11 is 5.55. The zero-order valence-corrected chi connectivity index (χ0v) is 6.79. The summed E-state index contributed by atoms with van der Waals surface area (Å²) in [7, 11) is 0. The number of carbonyl (C=O) groups excluding carboxylic acids is 1. The first-order valence-electron chi connectivity index (χ1n) is 3.23. The number of hydrogen-bond donors (Lipinski definition) is 0. The van der Waals surface area contributed by atoms with Crippen molar-refractivity contribution < 1.29 is 13.9 Å². The Balaban J connectivity index is 2.57. The fourth-order valence-corrected chi connectivity index (χ4v) is 0.810. The van der Waals surface area contributed by atoms with Gasteiger partial charge in [-0.15, -0.1) is 16.7 Å². The van der Waals surface area contributed by atoms with Gasteiger partial charge in [-0.1, -0.05) is 0 Å². The van der Waals surface area contributed by atoms with Crippen LogP contribution < -0.4 is 0 Å². The average molecular weight is 193 g/mol. The molecule has 0 fully saturated rings. The molecule has 4 nitrogen and oxygen atoms in total. The lowest BCUT2D eigenvalue weighted by molar-refractivity contribution is -0.118. The number of hydrogen-bond acceptors (Lipinski definition) is 3. The SMILES string of the molecule is O=C1N=NC=C(OCCF)C1Cl. The predicted molar refractivity (Wildman–Crippen MR) is 39.5 cm³/mol. The van der Waals surface area contributed by atoms with Crippen LogP contribution in [0.5, 0.6) is 0 Å². The van der Waals surface area contributed by atoms with Crippen LogP contribution in [0.3, 0.4) is 0 Å². The van der Waals surface area contributed by atoms with Crippen LogP contribution in [-0.2, 0) is 9.53 Å². The van der Waals surface area contributed by atoms with Crippen LogP contribution in [0.15, 0.2) is 22.2 Å². The van der Waals surface area contributed by atoms with Crippen molar-refractivity contribution in [2.75, 3.05) is 13.3 Å². The Morgan fingerprint density at radius 2 is 2.50 bits per heavy atom. The maximum atomic E-state index is 11.6. The Hall–Kier alpha value is -0.970. The van der Waals surface area contributed by atoms with Gasteiger partial charge in [0.1, 0.15) is 19.0 Å². The molecule has 1 rings (SSSR count). The molecule has 6 heteroatoms. The van der Waals surface area contributed by atoms with Crippen LogP contribution in [-0.4, -0.2) is 24.6 Å². The summed E-state index contributed by atoms with van der Waals surface area (Å²) in [6.07, 6.45) is 1.20. The van der Waals surface area contributed by atoms with Gasteiger partial charge in [0, 0.05) is 0 Å². The lowest BCUT2D eigenvalue weighted by atomic mass is 10.3. The monoisotopic (exact) mass is 192 g/mol. The summed E-state index contributed by atoms with van der Waals surface area (Å²) in [6.45, 7) is -0.760. The molecular formula is C6H6ClFN2O2. The van der Waals surface area contributed by atoms with Gasteiger partial charge in [0.15, 0.2) is 5.38 Å². The minimum absolute atomic E-state index is 0.127. The standard InChI is InChI=1S/C6H6ClFN2O2/c7-5-4(12-2-1-8)3-9-10-6(5)11/h3,5H,1-2H2. The molecule has 1 atom stereocenters. The van der Waals surface area contributed by atoms with Crippen molar-refractivity contribution in [1.29, 1.82) is 0 Å². The van der Waals surface area contributed by atoms with E-state index >= 15 is 0 Å². The molecule has 0 aliphatic carbocycles. The van der Waals surface area contributed by atoms with E-state index in [1.165, 1.54) is 6.20 Å². The molecular weight excluding hydrogens is 187 g/mol. The van der Waals surface area contributed by atoms with E-state index in [1.807, 2.05) is 0 Å². The topological polar surface area (TPSA) is 51.0 Å². The van der Waals surface area contributed by atoms with Gasteiger partial charge in [0.05, 0.1) is 6.20 Å². The van der Waals surface area contributed by atoms with Crippen LogP contribution in [0.4, 0.5) is 4.39 Å². The van der Waals surface area contributed by atoms with E-state index in [2.05, 4.69) is 10.2 Å². The van der Waals surface area contributed by atoms with E-state index in [1.54, 1.807) is 0 Å². The van der Waals surface area contributed by atoms with Crippen molar-refractivity contribution in [2.45, 2.75) is 5.38 Å². The number of rotatable bonds is 3. The molecule has 0 radical (unpaired) electrons. The highest BCUT2D eigenvalue weighted by Gasteiger charge is 2.24. The molecule has 0 aromatic heterocycles. The molecule has 0 spiro atoms. The highest BCUT2D eigenvalue weighted by molar-refractivity contribution is 6.32. The van der Waals surface area contributed by atoms with Gasteiger partial charge in [-0.25, -0.2) is 4.39 Å². The van der Waals surface area contributed by atoms with Crippen LogP contribution >= 0.6 is 11.6 Å². The summed E-state index contributed by atoms with van der Waals surface area (Å²) in [6, 6.07) is 0. The Bertz CT molecular complexity index is 242. The van der Waals surface area contributed by atoms with Crippen LogP contribution in [0.2, 0.25) is 0 Å². The first-order valence-corrected chi connectivity index (χ1v) is 3.67. The number of nitrogens with zero attached hydrogens (tertiary/aromatic N) is 2. The Morgan fingerprint density at radius 3 is 3.17 bits per heavy atom. The van der Waals surface area contributed by atoms with Crippen LogP contribution in [0.1, 0.15) is 0 Å². The molecule has 0 aromatic rings. The van der Waals surface area contributed by atoms with Gasteiger partial charge >= 0.3 is 0 Å². The van der Waals surface area contributed by atoms with Crippen molar-refractivity contribution in [3.8, 4) is 0 Å². The molecule has 0 aromatic carbocycles. The molecule has 1 aliphatic heterocycles. The summed E-state index contributed by atoms with van der Waals surface area (Å²) < 4.78 is 16.4. The minimum Gasteiger partial charge on any atom is -0.491 e. The second-order valence-electron chi connectivity index (χ2n) is 1.99. The highest BCUT2D eigenvalue weighted by atomic mass is 35.5. The van der Waals surface area contributed by atoms with Gasteiger partial charge in [-0.05, 0) is 0 Å². The summed E-state index contributed by atoms with van der Waals surface area (Å²) in [5, 5.41) is 5.53. The molecule has 1 amide bonds. The molecule has 12 heavy (non-hydrogen) atoms. The second-order valence-corrected chi connectivity index (χ2v) is 2.42. The number of alkyl halides is 2. The van der Waals surface area contributed by atoms with E-state index < -0.39 is 18.0 Å². The largest absolute Gasteiger partial charge is 0.491 e. The maximum Gasteiger partial charge on any atom is 0.290 e. The molecule has 1 unspecified atom stereocenters. The third-order valence-electron chi connectivity index (χ3n) is 1.15. The number of amides is 1. The summed E-state index contributed by atoms with van der Waals surface area (Å²) in [5.41, 5.74) is 0. The average Bonchev–Trinajstić information content (AvgIpc) is 2.08. The normalized spacial score (nSPS) is 22.3. The lowest BCUT2D eigenvalue weighted by Gasteiger charge is -2.12. The Labute approximate surface area is 73.1 Å². The number of azo groups is 1. The van der Waals surface area contributed by atoms with E-state index in [9.17, 15) is 9.18 Å². The number of ether oxygens (including phenoxy) is 1. The van der Waals surface area contributed by atoms with Crippen LogP contribution in [0.25, 0.3) is 0 Å². The molecule has 0 N–H and O–H groups in total.